The summed E-state index contributed by atoms with van der Waals surface area (Å²) in [7, 11) is 0. The van der Waals surface area contributed by atoms with E-state index in [2.05, 4.69) is 27.0 Å². The maximum absolute atomic E-state index is 3.96. The van der Waals surface area contributed by atoms with Crippen LogP contribution in [0.3, 0.4) is 0 Å². The lowest BCUT2D eigenvalue weighted by molar-refractivity contribution is 0.421. The first-order valence-corrected chi connectivity index (χ1v) is 3.47. The number of aromatic nitrogens is 3. The topological polar surface area (TPSA) is 42.7 Å². The van der Waals surface area contributed by atoms with Crippen molar-refractivity contribution in [2.24, 2.45) is 0 Å². The molecular formula is C6H10N4. The van der Waals surface area contributed by atoms with Crippen LogP contribution < -0.4 is 5.32 Å². The number of hydrogen-bond acceptors (Lipinski definition) is 3. The second-order valence-corrected chi connectivity index (χ2v) is 2.63. The lowest BCUT2D eigenvalue weighted by atomic mass is 10.3. The summed E-state index contributed by atoms with van der Waals surface area (Å²) in [5.74, 6) is 1.04. The largest absolute Gasteiger partial charge is 0.312 e. The van der Waals surface area contributed by atoms with E-state index in [0.717, 1.165) is 18.9 Å². The molecule has 4 nitrogen and oxygen atoms in total. The lowest BCUT2D eigenvalue weighted by Gasteiger charge is -2.20. The van der Waals surface area contributed by atoms with Crippen LogP contribution in [0.15, 0.2) is 6.33 Å². The van der Waals surface area contributed by atoms with Gasteiger partial charge < -0.3 is 9.88 Å². The Morgan fingerprint density at radius 3 is 3.50 bits per heavy atom. The minimum Gasteiger partial charge on any atom is -0.312 e. The quantitative estimate of drug-likeness (QED) is 0.546. The minimum atomic E-state index is 0.499. The molecule has 1 aliphatic heterocycles. The number of fused-ring (bicyclic) bond motifs is 1. The fraction of sp³-hybridized carbons (Fsp3) is 0.667. The van der Waals surface area contributed by atoms with Gasteiger partial charge in [-0.2, -0.15) is 0 Å². The van der Waals surface area contributed by atoms with Crippen LogP contribution in [-0.4, -0.2) is 21.3 Å². The molecule has 0 spiro atoms. The van der Waals surface area contributed by atoms with Crippen molar-refractivity contribution in [2.75, 3.05) is 6.54 Å². The molecule has 0 bridgehead atoms. The van der Waals surface area contributed by atoms with Gasteiger partial charge in [0.2, 0.25) is 0 Å². The zero-order valence-corrected chi connectivity index (χ0v) is 5.91. The van der Waals surface area contributed by atoms with Crippen LogP contribution >= 0.6 is 0 Å². The van der Waals surface area contributed by atoms with Gasteiger partial charge in [-0.1, -0.05) is 0 Å². The smallest absolute Gasteiger partial charge is 0.147 e. The second kappa shape index (κ2) is 2.05. The third kappa shape index (κ3) is 0.724. The maximum atomic E-state index is 3.96. The third-order valence-electron chi connectivity index (χ3n) is 1.84. The Kier molecular flexibility index (Phi) is 1.20. The molecule has 1 aromatic heterocycles. The van der Waals surface area contributed by atoms with Gasteiger partial charge in [-0.05, 0) is 6.92 Å². The summed E-state index contributed by atoms with van der Waals surface area (Å²) in [6.45, 7) is 4.02. The highest BCUT2D eigenvalue weighted by Crippen LogP contribution is 2.10. The van der Waals surface area contributed by atoms with Crippen molar-refractivity contribution >= 4 is 0 Å². The standard InChI is InChI=1S/C6H10N4/c1-5-2-7-3-6-9-8-4-10(5)6/h4-5,7H,2-3H2,1H3. The van der Waals surface area contributed by atoms with Crippen LogP contribution in [0.1, 0.15) is 18.8 Å². The van der Waals surface area contributed by atoms with E-state index in [1.807, 2.05) is 0 Å². The highest BCUT2D eigenvalue weighted by atomic mass is 15.3. The van der Waals surface area contributed by atoms with E-state index in [1.54, 1.807) is 6.33 Å². The monoisotopic (exact) mass is 138 g/mol. The Labute approximate surface area is 59.3 Å². The van der Waals surface area contributed by atoms with Gasteiger partial charge in [-0.15, -0.1) is 10.2 Å². The SMILES string of the molecule is CC1CNCc2nncn21. The van der Waals surface area contributed by atoms with Crippen LogP contribution in [0.2, 0.25) is 0 Å². The van der Waals surface area contributed by atoms with Gasteiger partial charge in [0.25, 0.3) is 0 Å². The molecule has 0 radical (unpaired) electrons. The summed E-state index contributed by atoms with van der Waals surface area (Å²) >= 11 is 0. The molecule has 0 aliphatic carbocycles. The molecule has 1 aliphatic rings. The first-order valence-electron chi connectivity index (χ1n) is 3.47. The van der Waals surface area contributed by atoms with Crippen molar-refractivity contribution in [1.29, 1.82) is 0 Å². The summed E-state index contributed by atoms with van der Waals surface area (Å²) in [5.41, 5.74) is 0. The number of nitrogens with zero attached hydrogens (tertiary/aromatic N) is 3. The maximum Gasteiger partial charge on any atom is 0.147 e. The van der Waals surface area contributed by atoms with E-state index in [1.165, 1.54) is 0 Å². The molecule has 0 aromatic carbocycles. The molecule has 1 unspecified atom stereocenters. The fourth-order valence-corrected chi connectivity index (χ4v) is 1.25. The zero-order valence-electron chi connectivity index (χ0n) is 5.91. The number of nitrogens with one attached hydrogen (secondary N) is 1. The lowest BCUT2D eigenvalue weighted by Crippen LogP contribution is -2.31. The van der Waals surface area contributed by atoms with Crippen molar-refractivity contribution < 1.29 is 0 Å². The molecular weight excluding hydrogens is 128 g/mol. The van der Waals surface area contributed by atoms with E-state index in [-0.39, 0.29) is 0 Å². The molecule has 1 atom stereocenters. The summed E-state index contributed by atoms with van der Waals surface area (Å²) in [4.78, 5) is 0. The van der Waals surface area contributed by atoms with E-state index >= 15 is 0 Å². The van der Waals surface area contributed by atoms with Crippen LogP contribution in [0.4, 0.5) is 0 Å². The normalized spacial score (nSPS) is 24.3. The molecule has 0 saturated heterocycles. The molecule has 0 amide bonds. The number of hydrogen-bond donors (Lipinski definition) is 1. The molecule has 10 heavy (non-hydrogen) atoms. The zero-order chi connectivity index (χ0) is 6.97. The Morgan fingerprint density at radius 2 is 2.70 bits per heavy atom. The summed E-state index contributed by atoms with van der Waals surface area (Å²) < 4.78 is 2.11. The van der Waals surface area contributed by atoms with E-state index in [4.69, 9.17) is 0 Å². The molecule has 0 saturated carbocycles. The van der Waals surface area contributed by atoms with Crippen molar-refractivity contribution in [3.63, 3.8) is 0 Å². The Bertz CT molecular complexity index is 229. The second-order valence-electron chi connectivity index (χ2n) is 2.63. The predicted molar refractivity (Wildman–Crippen MR) is 36.4 cm³/mol. The van der Waals surface area contributed by atoms with Crippen molar-refractivity contribution in [2.45, 2.75) is 19.5 Å². The van der Waals surface area contributed by atoms with Gasteiger partial charge in [0.1, 0.15) is 12.2 Å². The molecule has 54 valence electrons. The summed E-state index contributed by atoms with van der Waals surface area (Å²) in [5, 5.41) is 11.0. The van der Waals surface area contributed by atoms with Gasteiger partial charge in [0.15, 0.2) is 0 Å². The molecule has 1 aromatic rings. The Balaban J connectivity index is 2.41. The van der Waals surface area contributed by atoms with Crippen LogP contribution in [-0.2, 0) is 6.54 Å². The van der Waals surface area contributed by atoms with Crippen LogP contribution in [0.25, 0.3) is 0 Å². The Hall–Kier alpha value is -0.900. The summed E-state index contributed by atoms with van der Waals surface area (Å²) in [6, 6.07) is 0.499. The van der Waals surface area contributed by atoms with Gasteiger partial charge >= 0.3 is 0 Å². The van der Waals surface area contributed by atoms with Gasteiger partial charge in [0, 0.05) is 12.6 Å². The van der Waals surface area contributed by atoms with Crippen molar-refractivity contribution in [3.8, 4) is 0 Å². The van der Waals surface area contributed by atoms with Crippen molar-refractivity contribution in [3.05, 3.63) is 12.2 Å². The van der Waals surface area contributed by atoms with Crippen LogP contribution in [0, 0.1) is 0 Å². The first-order chi connectivity index (χ1) is 4.88. The molecule has 2 rings (SSSR count). The van der Waals surface area contributed by atoms with Gasteiger partial charge in [-0.25, -0.2) is 0 Å². The Morgan fingerprint density at radius 1 is 1.80 bits per heavy atom. The third-order valence-corrected chi connectivity index (χ3v) is 1.84. The van der Waals surface area contributed by atoms with E-state index in [0.29, 0.717) is 6.04 Å². The molecule has 2 heterocycles. The van der Waals surface area contributed by atoms with Gasteiger partial charge in [0.05, 0.1) is 6.54 Å². The highest BCUT2D eigenvalue weighted by molar-refractivity contribution is 4.92. The predicted octanol–water partition coefficient (Wildman–Crippen LogP) is -0.0577. The van der Waals surface area contributed by atoms with Gasteiger partial charge in [-0.3, -0.25) is 0 Å². The van der Waals surface area contributed by atoms with Crippen LogP contribution in [0.5, 0.6) is 0 Å². The molecule has 0 fully saturated rings. The van der Waals surface area contributed by atoms with E-state index in [9.17, 15) is 0 Å². The fourth-order valence-electron chi connectivity index (χ4n) is 1.25. The first kappa shape index (κ1) is 5.85. The average Bonchev–Trinajstić information content (AvgIpc) is 2.36. The summed E-state index contributed by atoms with van der Waals surface area (Å²) in [6.07, 6.45) is 1.79. The average molecular weight is 138 g/mol. The minimum absolute atomic E-state index is 0.499. The van der Waals surface area contributed by atoms with Crippen molar-refractivity contribution in [1.82, 2.24) is 20.1 Å². The molecule has 1 N–H and O–H groups in total. The van der Waals surface area contributed by atoms with E-state index < -0.39 is 0 Å². The highest BCUT2D eigenvalue weighted by Gasteiger charge is 2.14. The molecule has 4 heteroatoms. The number of rotatable bonds is 0.